The lowest BCUT2D eigenvalue weighted by molar-refractivity contribution is -0.138. The molecule has 0 saturated carbocycles. The molecule has 2 rings (SSSR count). The minimum Gasteiger partial charge on any atom is -0.496 e. The van der Waals surface area contributed by atoms with Crippen LogP contribution in [0.4, 0.5) is 13.2 Å². The zero-order valence-electron chi connectivity index (χ0n) is 10.2. The van der Waals surface area contributed by atoms with E-state index >= 15 is 0 Å². The van der Waals surface area contributed by atoms with Crippen LogP contribution in [0.15, 0.2) is 18.2 Å². The third kappa shape index (κ3) is 2.61. The normalized spacial score (nSPS) is 20.8. The van der Waals surface area contributed by atoms with E-state index in [1.807, 2.05) is 0 Å². The summed E-state index contributed by atoms with van der Waals surface area (Å²) >= 11 is 0. The van der Waals surface area contributed by atoms with Gasteiger partial charge < -0.3 is 10.1 Å². The summed E-state index contributed by atoms with van der Waals surface area (Å²) < 4.78 is 43.6. The summed E-state index contributed by atoms with van der Waals surface area (Å²) in [5.41, 5.74) is -0.0955. The lowest BCUT2D eigenvalue weighted by Gasteiger charge is -2.26. The molecule has 1 atom stereocenters. The van der Waals surface area contributed by atoms with E-state index in [1.165, 1.54) is 13.2 Å². The van der Waals surface area contributed by atoms with Crippen LogP contribution >= 0.6 is 0 Å². The van der Waals surface area contributed by atoms with Crippen molar-refractivity contribution >= 4 is 0 Å². The van der Waals surface area contributed by atoms with E-state index in [9.17, 15) is 13.2 Å². The Morgan fingerprint density at radius 3 is 2.61 bits per heavy atom. The van der Waals surface area contributed by atoms with E-state index < -0.39 is 11.7 Å². The Bertz CT molecular complexity index is 411. The predicted octanol–water partition coefficient (Wildman–Crippen LogP) is 3.53. The van der Waals surface area contributed by atoms with Crippen LogP contribution in [0.25, 0.3) is 0 Å². The highest BCUT2D eigenvalue weighted by molar-refractivity contribution is 5.45. The van der Waals surface area contributed by atoms with Gasteiger partial charge in [0.25, 0.3) is 0 Å². The van der Waals surface area contributed by atoms with Gasteiger partial charge >= 0.3 is 6.18 Å². The van der Waals surface area contributed by atoms with Crippen molar-refractivity contribution in [3.8, 4) is 5.75 Å². The Morgan fingerprint density at radius 2 is 2.06 bits per heavy atom. The summed E-state index contributed by atoms with van der Waals surface area (Å²) in [7, 11) is 1.29. The maximum Gasteiger partial charge on any atom is 0.419 e. The number of nitrogens with one attached hydrogen (secondary N) is 1. The average molecular weight is 259 g/mol. The Labute approximate surface area is 104 Å². The van der Waals surface area contributed by atoms with Crippen molar-refractivity contribution in [2.24, 2.45) is 0 Å². The fourth-order valence-corrected chi connectivity index (χ4v) is 2.40. The molecule has 1 fully saturated rings. The van der Waals surface area contributed by atoms with Crippen LogP contribution in [-0.4, -0.2) is 13.7 Å². The van der Waals surface area contributed by atoms with Gasteiger partial charge in [-0.1, -0.05) is 18.6 Å². The maximum atomic E-state index is 12.9. The van der Waals surface area contributed by atoms with Crippen molar-refractivity contribution < 1.29 is 17.9 Å². The van der Waals surface area contributed by atoms with Crippen molar-refractivity contribution in [1.82, 2.24) is 5.32 Å². The average Bonchev–Trinajstić information content (AvgIpc) is 2.37. The molecule has 1 saturated heterocycles. The van der Waals surface area contributed by atoms with E-state index in [1.54, 1.807) is 6.07 Å². The topological polar surface area (TPSA) is 21.3 Å². The number of alkyl halides is 3. The van der Waals surface area contributed by atoms with Gasteiger partial charge in [0.15, 0.2) is 0 Å². The summed E-state index contributed by atoms with van der Waals surface area (Å²) in [6, 6.07) is 4.16. The van der Waals surface area contributed by atoms with Crippen LogP contribution in [0.1, 0.15) is 36.4 Å². The van der Waals surface area contributed by atoms with Crippen LogP contribution in [0.5, 0.6) is 5.75 Å². The Hall–Kier alpha value is -1.23. The fraction of sp³-hybridized carbons (Fsp3) is 0.538. The summed E-state index contributed by atoms with van der Waals surface area (Å²) in [5, 5.41) is 3.24. The SMILES string of the molecule is COc1c(C2CCCCN2)cccc1C(F)(F)F. The zero-order chi connectivity index (χ0) is 13.2. The molecule has 0 spiro atoms. The monoisotopic (exact) mass is 259 g/mol. The molecule has 0 aliphatic carbocycles. The first kappa shape index (κ1) is 13.2. The first-order valence-electron chi connectivity index (χ1n) is 6.01. The second-order valence-electron chi connectivity index (χ2n) is 4.43. The zero-order valence-corrected chi connectivity index (χ0v) is 10.2. The smallest absolute Gasteiger partial charge is 0.419 e. The lowest BCUT2D eigenvalue weighted by Crippen LogP contribution is -2.27. The minimum absolute atomic E-state index is 0.0454. The molecule has 1 aromatic carbocycles. The van der Waals surface area contributed by atoms with Crippen molar-refractivity contribution in [2.75, 3.05) is 13.7 Å². The quantitative estimate of drug-likeness (QED) is 0.877. The molecule has 1 aliphatic heterocycles. The third-order valence-electron chi connectivity index (χ3n) is 3.24. The predicted molar refractivity (Wildman–Crippen MR) is 62.6 cm³/mol. The van der Waals surface area contributed by atoms with Gasteiger partial charge in [0, 0.05) is 11.6 Å². The van der Waals surface area contributed by atoms with Crippen molar-refractivity contribution in [3.63, 3.8) is 0 Å². The molecule has 1 N–H and O–H groups in total. The number of piperidine rings is 1. The number of hydrogen-bond donors (Lipinski definition) is 1. The molecule has 0 amide bonds. The van der Waals surface area contributed by atoms with E-state index in [0.717, 1.165) is 31.9 Å². The lowest BCUT2D eigenvalue weighted by atomic mass is 9.95. The minimum atomic E-state index is -4.38. The van der Waals surface area contributed by atoms with E-state index in [0.29, 0.717) is 5.56 Å². The van der Waals surface area contributed by atoms with Crippen molar-refractivity contribution in [3.05, 3.63) is 29.3 Å². The number of rotatable bonds is 2. The van der Waals surface area contributed by atoms with E-state index in [-0.39, 0.29) is 11.8 Å². The van der Waals surface area contributed by atoms with Gasteiger partial charge in [0.05, 0.1) is 12.7 Å². The molecule has 0 aromatic heterocycles. The molecule has 0 bridgehead atoms. The molecular formula is C13H16F3NO. The molecule has 100 valence electrons. The van der Waals surface area contributed by atoms with Crippen LogP contribution in [0.2, 0.25) is 0 Å². The Balaban J connectivity index is 2.40. The number of para-hydroxylation sites is 1. The van der Waals surface area contributed by atoms with Gasteiger partial charge in [0.1, 0.15) is 5.75 Å². The largest absolute Gasteiger partial charge is 0.496 e. The van der Waals surface area contributed by atoms with Crippen LogP contribution < -0.4 is 10.1 Å². The number of ether oxygens (including phenoxy) is 1. The first-order valence-corrected chi connectivity index (χ1v) is 6.01. The number of methoxy groups -OCH3 is 1. The van der Waals surface area contributed by atoms with Crippen molar-refractivity contribution in [2.45, 2.75) is 31.5 Å². The van der Waals surface area contributed by atoms with E-state index in [2.05, 4.69) is 5.32 Å². The molecule has 1 aromatic rings. The Kier molecular flexibility index (Phi) is 3.80. The van der Waals surface area contributed by atoms with Crippen LogP contribution in [-0.2, 0) is 6.18 Å². The summed E-state index contributed by atoms with van der Waals surface area (Å²) in [6.07, 6.45) is -1.44. The van der Waals surface area contributed by atoms with Gasteiger partial charge in [-0.2, -0.15) is 13.2 Å². The summed E-state index contributed by atoms with van der Waals surface area (Å²) in [4.78, 5) is 0. The molecule has 1 unspecified atom stereocenters. The highest BCUT2D eigenvalue weighted by atomic mass is 19.4. The second-order valence-corrected chi connectivity index (χ2v) is 4.43. The maximum absolute atomic E-state index is 12.9. The molecule has 18 heavy (non-hydrogen) atoms. The van der Waals surface area contributed by atoms with Crippen LogP contribution in [0.3, 0.4) is 0 Å². The molecule has 5 heteroatoms. The van der Waals surface area contributed by atoms with Crippen molar-refractivity contribution in [1.29, 1.82) is 0 Å². The summed E-state index contributed by atoms with van der Waals surface area (Å²) in [5.74, 6) is -0.0515. The summed E-state index contributed by atoms with van der Waals surface area (Å²) in [6.45, 7) is 0.837. The standard InChI is InChI=1S/C13H16F3NO/c1-18-12-9(11-7-2-3-8-17-11)5-4-6-10(12)13(14,15)16/h4-6,11,17H,2-3,7-8H2,1H3. The highest BCUT2D eigenvalue weighted by Gasteiger charge is 2.36. The fourth-order valence-electron chi connectivity index (χ4n) is 2.40. The number of hydrogen-bond acceptors (Lipinski definition) is 2. The molecule has 0 radical (unpaired) electrons. The Morgan fingerprint density at radius 1 is 1.28 bits per heavy atom. The molecule has 1 heterocycles. The second kappa shape index (κ2) is 5.18. The van der Waals surface area contributed by atoms with Crippen LogP contribution in [0, 0.1) is 0 Å². The molecule has 2 nitrogen and oxygen atoms in total. The van der Waals surface area contributed by atoms with Gasteiger partial charge in [-0.3, -0.25) is 0 Å². The van der Waals surface area contributed by atoms with Gasteiger partial charge in [-0.05, 0) is 25.5 Å². The first-order chi connectivity index (χ1) is 8.54. The molecule has 1 aliphatic rings. The van der Waals surface area contributed by atoms with E-state index in [4.69, 9.17) is 4.74 Å². The van der Waals surface area contributed by atoms with Gasteiger partial charge in [-0.15, -0.1) is 0 Å². The van der Waals surface area contributed by atoms with Gasteiger partial charge in [-0.25, -0.2) is 0 Å². The third-order valence-corrected chi connectivity index (χ3v) is 3.24. The number of benzene rings is 1. The molecular weight excluding hydrogens is 243 g/mol. The van der Waals surface area contributed by atoms with Gasteiger partial charge in [0.2, 0.25) is 0 Å². The number of halogens is 3. The highest BCUT2D eigenvalue weighted by Crippen LogP contribution is 2.41.